The van der Waals surface area contributed by atoms with Crippen molar-refractivity contribution in [2.45, 2.75) is 12.8 Å². The van der Waals surface area contributed by atoms with Crippen LogP contribution in [0, 0.1) is 0 Å². The second-order valence-corrected chi connectivity index (χ2v) is 4.36. The average Bonchev–Trinajstić information content (AvgIpc) is 2.37. The highest BCUT2D eigenvalue weighted by Gasteiger charge is 2.18. The standard InChI is InChI=1S/C13H13N3O2/c17-12-8-11(14-13(18)15-12)16-7-3-5-9-4-1-2-6-10(9)16/h1-2,4,6,8H,3,5,7H2,(H2,14,15,17,18). The zero-order valence-electron chi connectivity index (χ0n) is 9.77. The number of rotatable bonds is 1. The normalized spacial score (nSPS) is 14.3. The van der Waals surface area contributed by atoms with Crippen LogP contribution in [0.25, 0.3) is 0 Å². The molecule has 0 unspecified atom stereocenters. The Morgan fingerprint density at radius 1 is 1.11 bits per heavy atom. The minimum absolute atomic E-state index is 0.378. The Morgan fingerprint density at radius 3 is 2.78 bits per heavy atom. The Balaban J connectivity index is 2.13. The van der Waals surface area contributed by atoms with Crippen LogP contribution in [0.2, 0.25) is 0 Å². The number of anilines is 2. The average molecular weight is 243 g/mol. The van der Waals surface area contributed by atoms with Crippen molar-refractivity contribution in [2.24, 2.45) is 0 Å². The first-order valence-electron chi connectivity index (χ1n) is 5.93. The Labute approximate surface area is 103 Å². The van der Waals surface area contributed by atoms with Gasteiger partial charge in [-0.25, -0.2) is 4.79 Å². The molecule has 1 aliphatic rings. The largest absolute Gasteiger partial charge is 0.327 e. The molecule has 2 heterocycles. The summed E-state index contributed by atoms with van der Waals surface area (Å²) in [5.74, 6) is 0.552. The summed E-state index contributed by atoms with van der Waals surface area (Å²) in [6, 6.07) is 9.47. The van der Waals surface area contributed by atoms with E-state index in [2.05, 4.69) is 16.0 Å². The third-order valence-electron chi connectivity index (χ3n) is 3.15. The van der Waals surface area contributed by atoms with Gasteiger partial charge in [0.15, 0.2) is 0 Å². The number of para-hydroxylation sites is 1. The van der Waals surface area contributed by atoms with Crippen LogP contribution in [0.5, 0.6) is 0 Å². The molecular formula is C13H13N3O2. The Morgan fingerprint density at radius 2 is 1.94 bits per heavy atom. The lowest BCUT2D eigenvalue weighted by molar-refractivity contribution is 0.755. The minimum Gasteiger partial charge on any atom is -0.327 e. The third-order valence-corrected chi connectivity index (χ3v) is 3.15. The molecule has 0 radical (unpaired) electrons. The number of hydrogen-bond acceptors (Lipinski definition) is 3. The zero-order valence-corrected chi connectivity index (χ0v) is 9.77. The summed E-state index contributed by atoms with van der Waals surface area (Å²) in [4.78, 5) is 29.5. The lowest BCUT2D eigenvalue weighted by atomic mass is 10.0. The van der Waals surface area contributed by atoms with E-state index < -0.39 is 5.69 Å². The third kappa shape index (κ3) is 1.84. The van der Waals surface area contributed by atoms with E-state index in [1.165, 1.54) is 11.6 Å². The van der Waals surface area contributed by atoms with E-state index in [9.17, 15) is 9.59 Å². The maximum Gasteiger partial charge on any atom is 0.327 e. The van der Waals surface area contributed by atoms with Gasteiger partial charge in [0.25, 0.3) is 5.56 Å². The van der Waals surface area contributed by atoms with E-state index in [-0.39, 0.29) is 5.56 Å². The van der Waals surface area contributed by atoms with E-state index in [1.54, 1.807) is 0 Å². The van der Waals surface area contributed by atoms with Gasteiger partial charge in [0.2, 0.25) is 0 Å². The molecular weight excluding hydrogens is 230 g/mol. The van der Waals surface area contributed by atoms with Crippen LogP contribution in [0.1, 0.15) is 12.0 Å². The number of aryl methyl sites for hydroxylation is 1. The Kier molecular flexibility index (Phi) is 2.51. The summed E-state index contributed by atoms with van der Waals surface area (Å²) < 4.78 is 0. The molecule has 0 fully saturated rings. The molecule has 0 bridgehead atoms. The van der Waals surface area contributed by atoms with Gasteiger partial charge in [-0.3, -0.25) is 14.8 Å². The number of aromatic nitrogens is 2. The van der Waals surface area contributed by atoms with Crippen LogP contribution in [0.15, 0.2) is 39.9 Å². The fourth-order valence-electron chi connectivity index (χ4n) is 2.39. The first kappa shape index (κ1) is 10.8. The predicted octanol–water partition coefficient (Wildman–Crippen LogP) is 1.15. The molecule has 18 heavy (non-hydrogen) atoms. The second-order valence-electron chi connectivity index (χ2n) is 4.36. The number of benzene rings is 1. The highest BCUT2D eigenvalue weighted by atomic mass is 16.2. The van der Waals surface area contributed by atoms with E-state index >= 15 is 0 Å². The number of nitrogens with one attached hydrogen (secondary N) is 2. The molecule has 1 aromatic heterocycles. The van der Waals surface area contributed by atoms with Crippen molar-refractivity contribution in [3.63, 3.8) is 0 Å². The van der Waals surface area contributed by atoms with Crippen molar-refractivity contribution >= 4 is 11.5 Å². The molecule has 0 amide bonds. The van der Waals surface area contributed by atoms with Gasteiger partial charge in [-0.05, 0) is 24.5 Å². The molecule has 0 atom stereocenters. The van der Waals surface area contributed by atoms with Crippen molar-refractivity contribution in [1.29, 1.82) is 0 Å². The highest BCUT2D eigenvalue weighted by Crippen LogP contribution is 2.30. The highest BCUT2D eigenvalue weighted by molar-refractivity contribution is 5.64. The van der Waals surface area contributed by atoms with Crippen LogP contribution in [0.3, 0.4) is 0 Å². The molecule has 5 heteroatoms. The molecule has 3 rings (SSSR count). The van der Waals surface area contributed by atoms with E-state index in [0.717, 1.165) is 25.1 Å². The summed E-state index contributed by atoms with van der Waals surface area (Å²) >= 11 is 0. The Hall–Kier alpha value is -2.30. The van der Waals surface area contributed by atoms with Gasteiger partial charge < -0.3 is 4.90 Å². The smallest absolute Gasteiger partial charge is 0.327 e. The number of aromatic amines is 2. The van der Waals surface area contributed by atoms with Crippen LogP contribution in [0.4, 0.5) is 11.5 Å². The number of hydrogen-bond donors (Lipinski definition) is 2. The molecule has 1 aliphatic heterocycles. The summed E-state index contributed by atoms with van der Waals surface area (Å²) in [6.07, 6.45) is 2.03. The number of nitrogens with zero attached hydrogens (tertiary/aromatic N) is 1. The maximum atomic E-state index is 11.4. The molecule has 1 aromatic carbocycles. The molecule has 0 spiro atoms. The topological polar surface area (TPSA) is 69.0 Å². The van der Waals surface area contributed by atoms with Gasteiger partial charge in [-0.1, -0.05) is 18.2 Å². The van der Waals surface area contributed by atoms with Crippen molar-refractivity contribution in [3.05, 3.63) is 56.7 Å². The maximum absolute atomic E-state index is 11.4. The van der Waals surface area contributed by atoms with E-state index in [4.69, 9.17) is 0 Å². The summed E-state index contributed by atoms with van der Waals surface area (Å²) in [5.41, 5.74) is 1.45. The molecule has 0 aliphatic carbocycles. The van der Waals surface area contributed by atoms with E-state index in [1.807, 2.05) is 23.1 Å². The molecule has 5 nitrogen and oxygen atoms in total. The first-order valence-corrected chi connectivity index (χ1v) is 5.93. The van der Waals surface area contributed by atoms with Crippen molar-refractivity contribution < 1.29 is 0 Å². The minimum atomic E-state index is -0.472. The fraction of sp³-hybridized carbons (Fsp3) is 0.231. The van der Waals surface area contributed by atoms with Crippen LogP contribution < -0.4 is 16.1 Å². The van der Waals surface area contributed by atoms with Crippen LogP contribution in [-0.2, 0) is 6.42 Å². The molecule has 0 saturated carbocycles. The summed E-state index contributed by atoms with van der Waals surface area (Å²) in [5, 5.41) is 0. The van der Waals surface area contributed by atoms with Gasteiger partial charge in [-0.15, -0.1) is 0 Å². The lowest BCUT2D eigenvalue weighted by Crippen LogP contribution is -2.30. The SMILES string of the molecule is O=c1cc(N2CCCc3ccccc32)[nH]c(=O)[nH]1. The van der Waals surface area contributed by atoms with Crippen molar-refractivity contribution in [2.75, 3.05) is 11.4 Å². The molecule has 2 aromatic rings. The number of H-pyrrole nitrogens is 2. The summed E-state index contributed by atoms with van der Waals surface area (Å²) in [7, 11) is 0. The van der Waals surface area contributed by atoms with Gasteiger partial charge in [-0.2, -0.15) is 0 Å². The molecule has 92 valence electrons. The molecule has 0 saturated heterocycles. The van der Waals surface area contributed by atoms with Gasteiger partial charge in [0.05, 0.1) is 0 Å². The second kappa shape index (κ2) is 4.18. The van der Waals surface area contributed by atoms with E-state index in [0.29, 0.717) is 5.82 Å². The monoisotopic (exact) mass is 243 g/mol. The van der Waals surface area contributed by atoms with Crippen molar-refractivity contribution in [1.82, 2.24) is 9.97 Å². The van der Waals surface area contributed by atoms with Gasteiger partial charge in [0.1, 0.15) is 5.82 Å². The number of fused-ring (bicyclic) bond motifs is 1. The van der Waals surface area contributed by atoms with Gasteiger partial charge >= 0.3 is 5.69 Å². The zero-order chi connectivity index (χ0) is 12.5. The summed E-state index contributed by atoms with van der Waals surface area (Å²) in [6.45, 7) is 0.802. The van der Waals surface area contributed by atoms with Gasteiger partial charge in [0, 0.05) is 18.3 Å². The first-order chi connectivity index (χ1) is 8.74. The van der Waals surface area contributed by atoms with Crippen LogP contribution in [-0.4, -0.2) is 16.5 Å². The Bertz CT molecular complexity index is 659. The predicted molar refractivity (Wildman–Crippen MR) is 69.5 cm³/mol. The molecule has 2 N–H and O–H groups in total. The van der Waals surface area contributed by atoms with Crippen LogP contribution >= 0.6 is 0 Å². The quantitative estimate of drug-likeness (QED) is 0.789. The van der Waals surface area contributed by atoms with Crippen molar-refractivity contribution in [3.8, 4) is 0 Å². The fourth-order valence-corrected chi connectivity index (χ4v) is 2.39. The lowest BCUT2D eigenvalue weighted by Gasteiger charge is -2.30.